The van der Waals surface area contributed by atoms with Crippen LogP contribution >= 0.6 is 0 Å². The van der Waals surface area contributed by atoms with Crippen molar-refractivity contribution in [3.63, 3.8) is 0 Å². The lowest BCUT2D eigenvalue weighted by Crippen LogP contribution is -2.12. The second-order valence-electron chi connectivity index (χ2n) is 5.62. The molecule has 0 spiro atoms. The fourth-order valence-corrected chi connectivity index (χ4v) is 2.56. The Morgan fingerprint density at radius 3 is 2.75 bits per heavy atom. The van der Waals surface area contributed by atoms with Crippen molar-refractivity contribution in [3.8, 4) is 11.8 Å². The van der Waals surface area contributed by atoms with Crippen LogP contribution in [-0.2, 0) is 14.3 Å². The Kier molecular flexibility index (Phi) is 6.02. The topological polar surface area (TPSA) is 68.5 Å². The number of nitrogens with zero attached hydrogens (tertiary/aromatic N) is 1. The van der Waals surface area contributed by atoms with E-state index in [1.54, 1.807) is 0 Å². The van der Waals surface area contributed by atoms with Crippen molar-refractivity contribution in [1.29, 1.82) is 5.26 Å². The van der Waals surface area contributed by atoms with E-state index in [9.17, 15) is 4.79 Å². The van der Waals surface area contributed by atoms with Gasteiger partial charge < -0.3 is 14.2 Å². The third kappa shape index (κ3) is 4.17. The Balaban J connectivity index is 2.26. The van der Waals surface area contributed by atoms with Crippen LogP contribution in [0.3, 0.4) is 0 Å². The summed E-state index contributed by atoms with van der Waals surface area (Å²) in [6.07, 6.45) is 5.82. The predicted octanol–water partition coefficient (Wildman–Crippen LogP) is 3.74. The summed E-state index contributed by atoms with van der Waals surface area (Å²) in [6, 6.07) is 8.19. The van der Waals surface area contributed by atoms with E-state index in [2.05, 4.69) is 12.1 Å². The number of benzene rings is 1. The number of ether oxygens (including phenoxy) is 3. The first-order valence-corrected chi connectivity index (χ1v) is 7.77. The third-order valence-corrected chi connectivity index (χ3v) is 3.98. The zero-order valence-electron chi connectivity index (χ0n) is 14.2. The maximum Gasteiger partial charge on any atom is 0.377 e. The van der Waals surface area contributed by atoms with Crippen LogP contribution in [0, 0.1) is 24.2 Å². The molecule has 24 heavy (non-hydrogen) atoms. The van der Waals surface area contributed by atoms with Crippen LogP contribution < -0.4 is 4.74 Å². The van der Waals surface area contributed by atoms with E-state index in [-0.39, 0.29) is 11.7 Å². The molecule has 1 aromatic rings. The minimum atomic E-state index is -0.601. The summed E-state index contributed by atoms with van der Waals surface area (Å²) in [4.78, 5) is 11.7. The second-order valence-corrected chi connectivity index (χ2v) is 5.62. The number of esters is 1. The van der Waals surface area contributed by atoms with Gasteiger partial charge in [0, 0.05) is 0 Å². The summed E-state index contributed by atoms with van der Waals surface area (Å²) in [5.41, 5.74) is 3.13. The molecule has 1 aliphatic carbocycles. The van der Waals surface area contributed by atoms with E-state index in [4.69, 9.17) is 19.5 Å². The van der Waals surface area contributed by atoms with Gasteiger partial charge in [0.15, 0.2) is 0 Å². The number of carbonyl (C=O) groups is 1. The fourth-order valence-electron chi connectivity index (χ4n) is 2.56. The Morgan fingerprint density at radius 2 is 2.17 bits per heavy atom. The van der Waals surface area contributed by atoms with Gasteiger partial charge in [-0.1, -0.05) is 18.2 Å². The smallest absolute Gasteiger partial charge is 0.377 e. The number of hydrogen-bond donors (Lipinski definition) is 0. The molecule has 0 saturated carbocycles. The molecule has 1 unspecified atom stereocenters. The number of aryl methyl sites for hydroxylation is 1. The van der Waals surface area contributed by atoms with Crippen molar-refractivity contribution in [2.45, 2.75) is 26.2 Å². The van der Waals surface area contributed by atoms with E-state index >= 15 is 0 Å². The first-order chi connectivity index (χ1) is 11.6. The van der Waals surface area contributed by atoms with Crippen LogP contribution in [0.4, 0.5) is 0 Å². The van der Waals surface area contributed by atoms with Gasteiger partial charge in [-0.3, -0.25) is 0 Å². The van der Waals surface area contributed by atoms with Crippen molar-refractivity contribution in [2.24, 2.45) is 5.92 Å². The Labute approximate surface area is 142 Å². The maximum absolute atomic E-state index is 11.7. The molecule has 1 aromatic carbocycles. The third-order valence-electron chi connectivity index (χ3n) is 3.98. The van der Waals surface area contributed by atoms with Gasteiger partial charge in [0.05, 0.1) is 26.2 Å². The van der Waals surface area contributed by atoms with Crippen LogP contribution in [0.2, 0.25) is 0 Å². The van der Waals surface area contributed by atoms with Gasteiger partial charge in [0.1, 0.15) is 12.0 Å². The number of nitriles is 1. The minimum absolute atomic E-state index is 0.0116. The summed E-state index contributed by atoms with van der Waals surface area (Å²) < 4.78 is 15.3. The van der Waals surface area contributed by atoms with E-state index in [0.717, 1.165) is 30.4 Å². The first kappa shape index (κ1) is 17.6. The van der Waals surface area contributed by atoms with Crippen LogP contribution in [0.1, 0.15) is 30.4 Å². The highest BCUT2D eigenvalue weighted by atomic mass is 16.6. The highest BCUT2D eigenvalue weighted by Crippen LogP contribution is 2.33. The molecule has 0 bridgehead atoms. The van der Waals surface area contributed by atoms with Crippen molar-refractivity contribution in [2.75, 3.05) is 14.2 Å². The molecule has 0 heterocycles. The monoisotopic (exact) mass is 327 g/mol. The summed E-state index contributed by atoms with van der Waals surface area (Å²) in [7, 11) is 2.73. The molecule has 0 aliphatic heterocycles. The normalized spacial score (nSPS) is 17.5. The van der Waals surface area contributed by atoms with E-state index in [1.165, 1.54) is 26.1 Å². The number of rotatable bonds is 5. The fraction of sp³-hybridized carbons (Fsp3) is 0.368. The zero-order valence-corrected chi connectivity index (χ0v) is 14.2. The standard InChI is InChI=1S/C19H21NO4/c1-13-4-7-16(15-8-5-14(11-20)6-9-15)10-17(13)24-18(12-22-2)19(21)23-3/h4,7-8,10,12,14H,5-6,9H2,1-3H3/b18-12-. The van der Waals surface area contributed by atoms with E-state index in [1.807, 2.05) is 25.1 Å². The van der Waals surface area contributed by atoms with E-state index in [0.29, 0.717) is 5.75 Å². The molecular weight excluding hydrogens is 306 g/mol. The largest absolute Gasteiger partial charge is 0.500 e. The van der Waals surface area contributed by atoms with Crippen molar-refractivity contribution in [3.05, 3.63) is 47.4 Å². The van der Waals surface area contributed by atoms with Gasteiger partial charge in [-0.15, -0.1) is 0 Å². The first-order valence-electron chi connectivity index (χ1n) is 7.77. The molecule has 0 saturated heterocycles. The number of hydrogen-bond acceptors (Lipinski definition) is 5. The Hall–Kier alpha value is -2.74. The molecule has 5 heteroatoms. The highest BCUT2D eigenvalue weighted by molar-refractivity contribution is 5.86. The zero-order chi connectivity index (χ0) is 17.5. The molecule has 0 N–H and O–H groups in total. The van der Waals surface area contributed by atoms with Crippen molar-refractivity contribution >= 4 is 11.5 Å². The second kappa shape index (κ2) is 8.21. The van der Waals surface area contributed by atoms with E-state index < -0.39 is 5.97 Å². The predicted molar refractivity (Wildman–Crippen MR) is 89.8 cm³/mol. The molecular formula is C19H21NO4. The number of carbonyl (C=O) groups excluding carboxylic acids is 1. The molecule has 126 valence electrons. The lowest BCUT2D eigenvalue weighted by atomic mass is 9.87. The van der Waals surface area contributed by atoms with Crippen LogP contribution in [0.5, 0.6) is 5.75 Å². The maximum atomic E-state index is 11.7. The Morgan fingerprint density at radius 1 is 1.38 bits per heavy atom. The van der Waals surface area contributed by atoms with Gasteiger partial charge >= 0.3 is 5.97 Å². The molecule has 1 atom stereocenters. The summed E-state index contributed by atoms with van der Waals surface area (Å²) in [5, 5.41) is 8.99. The van der Waals surface area contributed by atoms with Crippen LogP contribution in [-0.4, -0.2) is 20.2 Å². The van der Waals surface area contributed by atoms with Gasteiger partial charge in [-0.2, -0.15) is 5.26 Å². The number of methoxy groups -OCH3 is 2. The molecule has 1 aliphatic rings. The summed E-state index contributed by atoms with van der Waals surface area (Å²) >= 11 is 0. The molecule has 5 nitrogen and oxygen atoms in total. The summed E-state index contributed by atoms with van der Waals surface area (Å²) in [6.45, 7) is 1.90. The van der Waals surface area contributed by atoms with Gasteiger partial charge in [0.2, 0.25) is 5.76 Å². The highest BCUT2D eigenvalue weighted by Gasteiger charge is 2.18. The summed E-state index contributed by atoms with van der Waals surface area (Å²) in [5.74, 6) is 0.0628. The van der Waals surface area contributed by atoms with Gasteiger partial charge in [0.25, 0.3) is 0 Å². The van der Waals surface area contributed by atoms with Crippen LogP contribution in [0.15, 0.2) is 36.3 Å². The molecule has 0 amide bonds. The molecule has 2 rings (SSSR count). The average Bonchev–Trinajstić information content (AvgIpc) is 2.62. The lowest BCUT2D eigenvalue weighted by Gasteiger charge is -2.18. The quantitative estimate of drug-likeness (QED) is 0.468. The number of allylic oxidation sites excluding steroid dienone is 2. The average molecular weight is 327 g/mol. The Bertz CT molecular complexity index is 713. The van der Waals surface area contributed by atoms with Gasteiger partial charge in [-0.05, 0) is 49.0 Å². The lowest BCUT2D eigenvalue weighted by molar-refractivity contribution is -0.138. The molecule has 0 aromatic heterocycles. The minimum Gasteiger partial charge on any atom is -0.500 e. The molecule has 0 fully saturated rings. The van der Waals surface area contributed by atoms with Crippen LogP contribution in [0.25, 0.3) is 5.57 Å². The van der Waals surface area contributed by atoms with Crippen molar-refractivity contribution in [1.82, 2.24) is 0 Å². The van der Waals surface area contributed by atoms with Gasteiger partial charge in [-0.25, -0.2) is 4.79 Å². The molecule has 0 radical (unpaired) electrons. The SMILES string of the molecule is CO/C=C(\Oc1cc(C2=CCC(C#N)CC2)ccc1C)C(=O)OC. The van der Waals surface area contributed by atoms with Crippen molar-refractivity contribution < 1.29 is 19.0 Å².